The van der Waals surface area contributed by atoms with E-state index in [0.717, 1.165) is 21.0 Å². The number of rotatable bonds is 4. The van der Waals surface area contributed by atoms with Crippen LogP contribution in [0.1, 0.15) is 22.6 Å². The van der Waals surface area contributed by atoms with Crippen molar-refractivity contribution in [2.45, 2.75) is 5.92 Å². The van der Waals surface area contributed by atoms with Gasteiger partial charge in [0.15, 0.2) is 0 Å². The number of hydrogen-bond acceptors (Lipinski definition) is 1. The first kappa shape index (κ1) is 22.0. The number of halogens is 5. The molecule has 0 saturated carbocycles. The molecule has 3 aromatic heterocycles. The van der Waals surface area contributed by atoms with Gasteiger partial charge in [0, 0.05) is 34.6 Å². The van der Waals surface area contributed by atoms with Gasteiger partial charge in [-0.15, -0.1) is 0 Å². The van der Waals surface area contributed by atoms with Gasteiger partial charge in [0.05, 0.1) is 5.52 Å². The number of benzene rings is 3. The van der Waals surface area contributed by atoms with Crippen LogP contribution in [0.3, 0.4) is 0 Å². The minimum atomic E-state index is -1.75. The third kappa shape index (κ3) is 3.37. The van der Waals surface area contributed by atoms with E-state index in [2.05, 4.69) is 9.97 Å². The van der Waals surface area contributed by atoms with Crippen LogP contribution in [0, 0.1) is 29.3 Å². The Hall–Kier alpha value is -4.46. The second-order valence-corrected chi connectivity index (χ2v) is 8.42. The summed E-state index contributed by atoms with van der Waals surface area (Å²) in [7, 11) is 0. The molecule has 0 radical (unpaired) electrons. The van der Waals surface area contributed by atoms with Gasteiger partial charge in [0.1, 0.15) is 11.5 Å². The van der Waals surface area contributed by atoms with E-state index in [4.69, 9.17) is 0 Å². The third-order valence-electron chi connectivity index (χ3n) is 6.38. The summed E-state index contributed by atoms with van der Waals surface area (Å²) in [4.78, 5) is 5.88. The molecule has 8 heteroatoms. The van der Waals surface area contributed by atoms with E-state index in [9.17, 15) is 22.0 Å². The molecule has 0 aliphatic rings. The third-order valence-corrected chi connectivity index (χ3v) is 6.38. The Bertz CT molecular complexity index is 1740. The Balaban J connectivity index is 1.70. The van der Waals surface area contributed by atoms with Gasteiger partial charge in [-0.2, -0.15) is 22.5 Å². The van der Waals surface area contributed by atoms with E-state index < -0.39 is 41.0 Å². The largest absolute Gasteiger partial charge is 0.361 e. The number of aromatic amines is 1. The maximum Gasteiger partial charge on any atom is 0.253 e. The maximum absolute atomic E-state index is 14.8. The van der Waals surface area contributed by atoms with Crippen LogP contribution in [-0.2, 0) is 0 Å². The summed E-state index contributed by atoms with van der Waals surface area (Å²) in [5, 5.41) is 1.45. The summed E-state index contributed by atoms with van der Waals surface area (Å²) in [6.45, 7) is 0. The second kappa shape index (κ2) is 8.34. The zero-order valence-corrected chi connectivity index (χ0v) is 18.4. The molecule has 0 saturated heterocycles. The van der Waals surface area contributed by atoms with Crippen LogP contribution >= 0.6 is 0 Å². The lowest BCUT2D eigenvalue weighted by atomic mass is 9.85. The number of nitrogens with one attached hydrogen (secondary N) is 1. The van der Waals surface area contributed by atoms with Crippen LogP contribution in [0.5, 0.6) is 0 Å². The lowest BCUT2D eigenvalue weighted by Crippen LogP contribution is -2.08. The Morgan fingerprint density at radius 3 is 2.17 bits per heavy atom. The van der Waals surface area contributed by atoms with Crippen LogP contribution < -0.4 is 0 Å². The molecule has 3 heterocycles. The molecule has 1 atom stereocenters. The minimum absolute atomic E-state index is 0.316. The van der Waals surface area contributed by atoms with Crippen molar-refractivity contribution in [2.75, 3.05) is 0 Å². The van der Waals surface area contributed by atoms with Gasteiger partial charge in [-0.25, -0.2) is 4.39 Å². The minimum Gasteiger partial charge on any atom is -0.361 e. The van der Waals surface area contributed by atoms with Crippen molar-refractivity contribution in [3.8, 4) is 5.69 Å². The molecule has 6 aromatic rings. The van der Waals surface area contributed by atoms with Crippen LogP contribution in [0.15, 0.2) is 85.2 Å². The van der Waals surface area contributed by atoms with Crippen molar-refractivity contribution < 1.29 is 22.0 Å². The van der Waals surface area contributed by atoms with Crippen molar-refractivity contribution in [3.63, 3.8) is 0 Å². The summed E-state index contributed by atoms with van der Waals surface area (Å²) >= 11 is 0. The molecule has 36 heavy (non-hydrogen) atoms. The average Bonchev–Trinajstić information content (AvgIpc) is 3.46. The molecule has 0 fully saturated rings. The molecule has 6 rings (SSSR count). The summed E-state index contributed by atoms with van der Waals surface area (Å²) in [5.41, 5.74) is 2.21. The number of pyridine rings is 1. The topological polar surface area (TPSA) is 33.6 Å². The molecule has 1 unspecified atom stereocenters. The fraction of sp³-hybridized carbons (Fsp3) is 0.0357. The summed E-state index contributed by atoms with van der Waals surface area (Å²) < 4.78 is 73.1. The number of aromatic nitrogens is 3. The summed E-state index contributed by atoms with van der Waals surface area (Å²) in [5.74, 6) is -7.75. The highest BCUT2D eigenvalue weighted by atomic mass is 19.2. The van der Waals surface area contributed by atoms with Crippen LogP contribution in [-0.4, -0.2) is 14.5 Å². The van der Waals surface area contributed by atoms with Crippen molar-refractivity contribution in [1.82, 2.24) is 14.5 Å². The van der Waals surface area contributed by atoms with Gasteiger partial charge in [0.2, 0.25) is 11.6 Å². The van der Waals surface area contributed by atoms with E-state index in [-0.39, 0.29) is 0 Å². The SMILES string of the molecule is Fc1cccc(C(c2c[nH]c3ccccc23)c2cn(-c3c(F)c(F)nc(F)c3F)c3ccccc23)c1. The lowest BCUT2D eigenvalue weighted by Gasteiger charge is -2.17. The molecule has 0 aliphatic heterocycles. The van der Waals surface area contributed by atoms with E-state index in [1.54, 1.807) is 42.6 Å². The number of hydrogen-bond donors (Lipinski definition) is 1. The molecule has 0 spiro atoms. The molecule has 3 aromatic carbocycles. The van der Waals surface area contributed by atoms with Crippen LogP contribution in [0.2, 0.25) is 0 Å². The maximum atomic E-state index is 14.8. The standard InChI is InChI=1S/C28H16F5N3/c29-16-7-5-6-15(12-16)23(19-13-34-21-10-3-1-8-17(19)21)20-14-36(22-11-4-2-9-18(20)22)26-24(30)27(32)35-28(33)25(26)31/h1-14,23,34H. The zero-order chi connectivity index (χ0) is 25.0. The average molecular weight is 489 g/mol. The van der Waals surface area contributed by atoms with E-state index in [1.165, 1.54) is 18.3 Å². The highest BCUT2D eigenvalue weighted by molar-refractivity contribution is 5.90. The normalized spacial score (nSPS) is 12.5. The molecular formula is C28H16F5N3. The molecule has 3 nitrogen and oxygen atoms in total. The van der Waals surface area contributed by atoms with Crippen LogP contribution in [0.4, 0.5) is 22.0 Å². The zero-order valence-electron chi connectivity index (χ0n) is 18.4. The predicted octanol–water partition coefficient (Wildman–Crippen LogP) is 7.38. The van der Waals surface area contributed by atoms with Crippen molar-refractivity contribution >= 4 is 21.8 Å². The fourth-order valence-corrected chi connectivity index (χ4v) is 4.85. The van der Waals surface area contributed by atoms with Gasteiger partial charge in [-0.1, -0.05) is 48.5 Å². The van der Waals surface area contributed by atoms with Crippen molar-refractivity contribution in [2.24, 2.45) is 0 Å². The number of fused-ring (bicyclic) bond motifs is 2. The fourth-order valence-electron chi connectivity index (χ4n) is 4.85. The van der Waals surface area contributed by atoms with E-state index in [1.807, 2.05) is 24.3 Å². The number of H-pyrrole nitrogens is 1. The Morgan fingerprint density at radius 2 is 1.42 bits per heavy atom. The quantitative estimate of drug-likeness (QED) is 0.203. The number of nitrogens with zero attached hydrogens (tertiary/aromatic N) is 2. The smallest absolute Gasteiger partial charge is 0.253 e. The molecule has 0 aliphatic carbocycles. The molecule has 178 valence electrons. The second-order valence-electron chi connectivity index (χ2n) is 8.42. The molecule has 0 amide bonds. The first-order chi connectivity index (χ1) is 17.4. The predicted molar refractivity (Wildman–Crippen MR) is 127 cm³/mol. The van der Waals surface area contributed by atoms with E-state index >= 15 is 0 Å². The summed E-state index contributed by atoms with van der Waals surface area (Å²) in [6.07, 6.45) is 3.24. The first-order valence-electron chi connectivity index (χ1n) is 11.1. The van der Waals surface area contributed by atoms with Crippen molar-refractivity contribution in [1.29, 1.82) is 0 Å². The summed E-state index contributed by atoms with van der Waals surface area (Å²) in [6, 6.07) is 20.4. The monoisotopic (exact) mass is 489 g/mol. The number of para-hydroxylation sites is 2. The first-order valence-corrected chi connectivity index (χ1v) is 11.1. The van der Waals surface area contributed by atoms with Gasteiger partial charge in [-0.05, 0) is 41.0 Å². The van der Waals surface area contributed by atoms with Gasteiger partial charge < -0.3 is 9.55 Å². The van der Waals surface area contributed by atoms with Gasteiger partial charge >= 0.3 is 0 Å². The molecule has 1 N–H and O–H groups in total. The van der Waals surface area contributed by atoms with Gasteiger partial charge in [-0.3, -0.25) is 0 Å². The Morgan fingerprint density at radius 1 is 0.722 bits per heavy atom. The Kier molecular flexibility index (Phi) is 5.10. The lowest BCUT2D eigenvalue weighted by molar-refractivity contribution is 0.403. The highest BCUT2D eigenvalue weighted by Gasteiger charge is 2.28. The highest BCUT2D eigenvalue weighted by Crippen LogP contribution is 2.41. The molecule has 0 bridgehead atoms. The van der Waals surface area contributed by atoms with Gasteiger partial charge in [0.25, 0.3) is 11.9 Å². The van der Waals surface area contributed by atoms with Crippen molar-refractivity contribution in [3.05, 3.63) is 131 Å². The van der Waals surface area contributed by atoms with E-state index in [0.29, 0.717) is 22.0 Å². The molecular weight excluding hydrogens is 473 g/mol. The Labute approximate surface area is 201 Å². The van der Waals surface area contributed by atoms with Crippen LogP contribution in [0.25, 0.3) is 27.5 Å².